The van der Waals surface area contributed by atoms with E-state index in [4.69, 9.17) is 21.1 Å². The Labute approximate surface area is 183 Å². The lowest BCUT2D eigenvalue weighted by molar-refractivity contribution is -0.0128. The van der Waals surface area contributed by atoms with Gasteiger partial charge in [-0.25, -0.2) is 13.4 Å². The molecule has 2 aliphatic heterocycles. The topological polar surface area (TPSA) is 156 Å². The van der Waals surface area contributed by atoms with Crippen LogP contribution in [-0.4, -0.2) is 81.8 Å². The van der Waals surface area contributed by atoms with Crippen LogP contribution in [0.2, 0.25) is 5.02 Å². The minimum Gasteiger partial charge on any atom is -0.392 e. The third-order valence-corrected chi connectivity index (χ3v) is 6.29. The summed E-state index contributed by atoms with van der Waals surface area (Å²) in [6, 6.07) is -0.324. The molecule has 15 heteroatoms. The first kappa shape index (κ1) is 22.1. The van der Waals surface area contributed by atoms with Crippen LogP contribution < -0.4 is 15.5 Å². The number of aliphatic hydroxyl groups is 1. The lowest BCUT2D eigenvalue weighted by Gasteiger charge is -2.21. The number of aryl methyl sites for hydroxylation is 1. The summed E-state index contributed by atoms with van der Waals surface area (Å²) in [5, 5.41) is 21.3. The fraction of sp³-hybridized carbons (Fsp3) is 0.562. The van der Waals surface area contributed by atoms with E-state index in [1.165, 1.54) is 18.1 Å². The summed E-state index contributed by atoms with van der Waals surface area (Å²) in [7, 11) is -1.93. The molecule has 2 aromatic rings. The zero-order valence-corrected chi connectivity index (χ0v) is 18.3. The molecule has 0 amide bonds. The lowest BCUT2D eigenvalue weighted by Crippen LogP contribution is -2.49. The second-order valence-electron chi connectivity index (χ2n) is 7.34. The van der Waals surface area contributed by atoms with Crippen LogP contribution in [0.15, 0.2) is 18.6 Å². The van der Waals surface area contributed by atoms with Crippen molar-refractivity contribution < 1.29 is 23.0 Å². The number of ether oxygens (including phenoxy) is 2. The first-order chi connectivity index (χ1) is 14.7. The molecule has 0 aromatic carbocycles. The van der Waals surface area contributed by atoms with Gasteiger partial charge in [0.2, 0.25) is 16.0 Å². The molecule has 3 unspecified atom stereocenters. The molecule has 2 fully saturated rings. The second-order valence-corrected chi connectivity index (χ2v) is 9.50. The number of aromatic nitrogens is 4. The largest absolute Gasteiger partial charge is 0.392 e. The summed E-state index contributed by atoms with van der Waals surface area (Å²) >= 11 is 6.25. The number of nitrogens with zero attached hydrogens (tertiary/aromatic N) is 5. The molecule has 4 heterocycles. The van der Waals surface area contributed by atoms with Crippen LogP contribution in [0.25, 0.3) is 0 Å². The van der Waals surface area contributed by atoms with Gasteiger partial charge in [-0.05, 0) is 6.92 Å². The van der Waals surface area contributed by atoms with Gasteiger partial charge in [0.15, 0.2) is 12.0 Å². The van der Waals surface area contributed by atoms with E-state index in [2.05, 4.69) is 30.5 Å². The van der Waals surface area contributed by atoms with Crippen LogP contribution in [0.3, 0.4) is 0 Å². The smallest absolute Gasteiger partial charge is 0.229 e. The van der Waals surface area contributed by atoms with E-state index in [1.54, 1.807) is 24.1 Å². The predicted molar refractivity (Wildman–Crippen MR) is 111 cm³/mol. The van der Waals surface area contributed by atoms with E-state index < -0.39 is 34.2 Å². The van der Waals surface area contributed by atoms with E-state index in [0.717, 1.165) is 5.69 Å². The van der Waals surface area contributed by atoms with Crippen molar-refractivity contribution in [2.45, 2.75) is 31.4 Å². The zero-order chi connectivity index (χ0) is 22.2. The monoisotopic (exact) mass is 474 g/mol. The molecule has 2 aromatic heterocycles. The van der Waals surface area contributed by atoms with E-state index in [1.807, 2.05) is 0 Å². The van der Waals surface area contributed by atoms with Crippen molar-refractivity contribution >= 4 is 39.1 Å². The van der Waals surface area contributed by atoms with Gasteiger partial charge in [-0.3, -0.25) is 4.68 Å². The number of hydrogen-bond donors (Lipinski definition) is 4. The van der Waals surface area contributed by atoms with Crippen LogP contribution in [0.4, 0.5) is 17.5 Å². The first-order valence-corrected chi connectivity index (χ1v) is 11.5. The van der Waals surface area contributed by atoms with Gasteiger partial charge in [-0.2, -0.15) is 15.1 Å². The maximum absolute atomic E-state index is 12.1. The fourth-order valence-electron chi connectivity index (χ4n) is 3.35. The van der Waals surface area contributed by atoms with Crippen LogP contribution in [0, 0.1) is 0 Å². The molecule has 4 atom stereocenters. The summed E-state index contributed by atoms with van der Waals surface area (Å²) in [6.07, 6.45) is 2.80. The van der Waals surface area contributed by atoms with Gasteiger partial charge in [0.1, 0.15) is 17.9 Å². The number of rotatable bonds is 8. The minimum atomic E-state index is -3.73. The summed E-state index contributed by atoms with van der Waals surface area (Å²) in [6.45, 7) is 1.64. The summed E-state index contributed by atoms with van der Waals surface area (Å²) in [5.74, 6) is 0.287. The number of aliphatic hydroxyl groups excluding tert-OH is 1. The number of halogens is 1. The molecular formula is C16H23ClN8O5S. The first-order valence-electron chi connectivity index (χ1n) is 9.43. The lowest BCUT2D eigenvalue weighted by atomic mass is 10.2. The normalized spacial score (nSPS) is 24.8. The Morgan fingerprint density at radius 2 is 2.19 bits per heavy atom. The molecule has 0 aliphatic carbocycles. The van der Waals surface area contributed by atoms with Gasteiger partial charge in [0, 0.05) is 13.2 Å². The second kappa shape index (κ2) is 8.82. The Balaban J connectivity index is 1.41. The predicted octanol–water partition coefficient (Wildman–Crippen LogP) is -0.383. The number of fused-ring (bicyclic) bond motifs is 1. The Morgan fingerprint density at radius 1 is 1.39 bits per heavy atom. The quantitative estimate of drug-likeness (QED) is 0.395. The maximum Gasteiger partial charge on any atom is 0.229 e. The molecule has 0 spiro atoms. The third-order valence-electron chi connectivity index (χ3n) is 4.58. The molecule has 4 N–H and O–H groups in total. The number of sulfonamides is 1. The Morgan fingerprint density at radius 3 is 2.90 bits per heavy atom. The maximum atomic E-state index is 12.1. The van der Waals surface area contributed by atoms with E-state index >= 15 is 0 Å². The van der Waals surface area contributed by atoms with Crippen LogP contribution >= 0.6 is 11.6 Å². The zero-order valence-electron chi connectivity index (χ0n) is 16.8. The average molecular weight is 475 g/mol. The molecule has 13 nitrogen and oxygen atoms in total. The van der Waals surface area contributed by atoms with Crippen molar-refractivity contribution in [1.82, 2.24) is 29.6 Å². The van der Waals surface area contributed by atoms with Gasteiger partial charge in [0.05, 0.1) is 42.6 Å². The molecule has 170 valence electrons. The van der Waals surface area contributed by atoms with E-state index in [9.17, 15) is 13.5 Å². The van der Waals surface area contributed by atoms with E-state index in [-0.39, 0.29) is 19.4 Å². The molecule has 4 rings (SSSR count). The summed E-state index contributed by atoms with van der Waals surface area (Å²) < 4.78 is 37.3. The van der Waals surface area contributed by atoms with Crippen molar-refractivity contribution in [2.75, 3.05) is 29.7 Å². The Kier molecular flexibility index (Phi) is 6.30. The molecule has 2 aliphatic rings. The SMILES string of the molecule is CC(O)CS(=O)(=O)NN1COC2C1OC[C@H]2Nc1nc(Nc2cnn(C)c2)ncc1Cl. The van der Waals surface area contributed by atoms with E-state index in [0.29, 0.717) is 16.8 Å². The highest BCUT2D eigenvalue weighted by Gasteiger charge is 2.48. The van der Waals surface area contributed by atoms with Gasteiger partial charge in [-0.1, -0.05) is 11.6 Å². The Hall–Kier alpha value is -2.07. The van der Waals surface area contributed by atoms with Crippen LogP contribution in [-0.2, 0) is 26.5 Å². The molecule has 31 heavy (non-hydrogen) atoms. The van der Waals surface area contributed by atoms with Gasteiger partial charge >= 0.3 is 0 Å². The standard InChI is InChI=1S/C16H23ClN8O5S/c1-9(26)7-31(27,28)23-25-8-30-13-12(6-29-15(13)25)21-14-11(17)4-18-16(22-14)20-10-3-19-24(2)5-10/h3-5,9,12-13,15,23,26H,6-8H2,1-2H3,(H2,18,20,21,22)/t9?,12-,13?,15?/m1/s1. The Bertz CT molecular complexity index is 1030. The molecule has 0 saturated carbocycles. The van der Waals surface area contributed by atoms with Crippen molar-refractivity contribution in [2.24, 2.45) is 7.05 Å². The van der Waals surface area contributed by atoms with Gasteiger partial charge in [0.25, 0.3) is 0 Å². The number of nitrogens with one attached hydrogen (secondary N) is 3. The van der Waals surface area contributed by atoms with Crippen molar-refractivity contribution in [1.29, 1.82) is 0 Å². The van der Waals surface area contributed by atoms with Crippen molar-refractivity contribution in [3.05, 3.63) is 23.6 Å². The highest BCUT2D eigenvalue weighted by atomic mass is 35.5. The highest BCUT2D eigenvalue weighted by molar-refractivity contribution is 7.89. The number of hydrogen-bond acceptors (Lipinski definition) is 11. The minimum absolute atomic E-state index is 0.00211. The number of anilines is 3. The summed E-state index contributed by atoms with van der Waals surface area (Å²) in [5.41, 5.74) is 0.722. The third kappa shape index (κ3) is 5.23. The average Bonchev–Trinajstić information content (AvgIpc) is 3.36. The number of hydrazine groups is 1. The summed E-state index contributed by atoms with van der Waals surface area (Å²) in [4.78, 5) is 11.0. The molecule has 2 saturated heterocycles. The van der Waals surface area contributed by atoms with Crippen molar-refractivity contribution in [3.63, 3.8) is 0 Å². The van der Waals surface area contributed by atoms with Crippen LogP contribution in [0.1, 0.15) is 6.92 Å². The molecular weight excluding hydrogens is 452 g/mol. The highest BCUT2D eigenvalue weighted by Crippen LogP contribution is 2.30. The van der Waals surface area contributed by atoms with Crippen molar-refractivity contribution in [3.8, 4) is 0 Å². The molecule has 0 radical (unpaired) electrons. The van der Waals surface area contributed by atoms with Crippen LogP contribution in [0.5, 0.6) is 0 Å². The molecule has 0 bridgehead atoms. The fourth-order valence-corrected chi connectivity index (χ4v) is 4.72. The van der Waals surface area contributed by atoms with Gasteiger partial charge in [-0.15, -0.1) is 4.83 Å². The van der Waals surface area contributed by atoms with Gasteiger partial charge < -0.3 is 25.2 Å².